The fourth-order valence-corrected chi connectivity index (χ4v) is 5.81. The first kappa shape index (κ1) is 20.7. The Morgan fingerprint density at radius 3 is 2.26 bits per heavy atom. The molecule has 166 valence electrons. The molecular formula is C32H21IN2. The molecular weight excluding hydrogens is 539 g/mol. The molecule has 2 nitrogen and oxygen atoms in total. The highest BCUT2D eigenvalue weighted by atomic mass is 127. The van der Waals surface area contributed by atoms with Crippen LogP contribution in [-0.4, -0.2) is 9.55 Å². The second kappa shape index (κ2) is 7.92. The number of hydrogen-bond acceptors (Lipinski definition) is 1. The molecule has 1 heterocycles. The maximum atomic E-state index is 5.42. The fourth-order valence-electron chi connectivity index (χ4n) is 5.32. The van der Waals surface area contributed by atoms with Crippen LogP contribution in [0.15, 0.2) is 109 Å². The van der Waals surface area contributed by atoms with Crippen LogP contribution >= 0.6 is 22.6 Å². The summed E-state index contributed by atoms with van der Waals surface area (Å²) in [5.41, 5.74) is 5.70. The molecule has 35 heavy (non-hydrogen) atoms. The van der Waals surface area contributed by atoms with Crippen molar-refractivity contribution in [1.29, 1.82) is 0 Å². The SMILES string of the molecule is Cc1ccc2c3ccc(I)cc3c3c(nc(-c4cccc5ccccc45)n3-c3ccccc3)c2c1. The van der Waals surface area contributed by atoms with Gasteiger partial charge in [-0.1, -0.05) is 84.4 Å². The van der Waals surface area contributed by atoms with Crippen molar-refractivity contribution in [2.75, 3.05) is 0 Å². The molecule has 0 bridgehead atoms. The van der Waals surface area contributed by atoms with Crippen molar-refractivity contribution >= 4 is 65.9 Å². The van der Waals surface area contributed by atoms with Crippen molar-refractivity contribution in [2.24, 2.45) is 0 Å². The number of hydrogen-bond donors (Lipinski definition) is 0. The number of aromatic nitrogens is 2. The minimum atomic E-state index is 0.970. The topological polar surface area (TPSA) is 17.8 Å². The second-order valence-corrected chi connectivity index (χ2v) is 10.3. The number of aryl methyl sites for hydroxylation is 1. The molecule has 0 saturated carbocycles. The number of halogens is 1. The number of fused-ring (bicyclic) bond motifs is 7. The number of rotatable bonds is 2. The second-order valence-electron chi connectivity index (χ2n) is 9.07. The zero-order valence-corrected chi connectivity index (χ0v) is 21.3. The summed E-state index contributed by atoms with van der Waals surface area (Å²) in [5, 5.41) is 7.36. The standard InChI is InChI=1S/C32H21IN2/c1-20-14-16-25-26-17-15-22(33)19-29(26)31-30(28(25)18-20)34-32(35(31)23-10-3-2-4-11-23)27-13-7-9-21-8-5-6-12-24(21)27/h2-19H,1H3. The summed E-state index contributed by atoms with van der Waals surface area (Å²) in [6.07, 6.45) is 0. The first-order valence-corrected chi connectivity index (χ1v) is 12.8. The van der Waals surface area contributed by atoms with Gasteiger partial charge in [0.15, 0.2) is 0 Å². The van der Waals surface area contributed by atoms with Gasteiger partial charge in [-0.3, -0.25) is 4.57 Å². The van der Waals surface area contributed by atoms with E-state index in [1.54, 1.807) is 0 Å². The highest BCUT2D eigenvalue weighted by molar-refractivity contribution is 14.1. The maximum Gasteiger partial charge on any atom is 0.146 e. The van der Waals surface area contributed by atoms with E-state index in [1.165, 1.54) is 41.5 Å². The molecule has 0 aliphatic carbocycles. The fraction of sp³-hybridized carbons (Fsp3) is 0.0312. The largest absolute Gasteiger partial charge is 0.292 e. The summed E-state index contributed by atoms with van der Waals surface area (Å²) in [4.78, 5) is 5.42. The summed E-state index contributed by atoms with van der Waals surface area (Å²) in [5.74, 6) is 0.970. The Morgan fingerprint density at radius 2 is 1.37 bits per heavy atom. The van der Waals surface area contributed by atoms with Gasteiger partial charge in [0, 0.05) is 25.6 Å². The Bertz CT molecular complexity index is 1910. The van der Waals surface area contributed by atoms with Crippen LogP contribution in [0.3, 0.4) is 0 Å². The molecule has 0 N–H and O–H groups in total. The van der Waals surface area contributed by atoms with E-state index in [4.69, 9.17) is 4.98 Å². The van der Waals surface area contributed by atoms with Crippen molar-refractivity contribution < 1.29 is 0 Å². The zero-order valence-electron chi connectivity index (χ0n) is 19.2. The summed E-state index contributed by atoms with van der Waals surface area (Å²) in [6.45, 7) is 2.16. The molecule has 0 fully saturated rings. The predicted molar refractivity (Wildman–Crippen MR) is 156 cm³/mol. The summed E-state index contributed by atoms with van der Waals surface area (Å²) < 4.78 is 3.58. The van der Waals surface area contributed by atoms with Gasteiger partial charge in [-0.15, -0.1) is 0 Å². The van der Waals surface area contributed by atoms with E-state index < -0.39 is 0 Å². The van der Waals surface area contributed by atoms with Crippen LogP contribution in [0.5, 0.6) is 0 Å². The normalized spacial score (nSPS) is 11.7. The first-order chi connectivity index (χ1) is 17.2. The van der Waals surface area contributed by atoms with E-state index in [-0.39, 0.29) is 0 Å². The van der Waals surface area contributed by atoms with Crippen LogP contribution < -0.4 is 0 Å². The van der Waals surface area contributed by atoms with Crippen LogP contribution in [0, 0.1) is 10.5 Å². The van der Waals surface area contributed by atoms with Gasteiger partial charge >= 0.3 is 0 Å². The van der Waals surface area contributed by atoms with E-state index in [0.717, 1.165) is 28.1 Å². The smallest absolute Gasteiger partial charge is 0.146 e. The Balaban J connectivity index is 1.76. The molecule has 7 rings (SSSR count). The predicted octanol–water partition coefficient (Wildman–Crippen LogP) is 9.07. The Kier molecular flexibility index (Phi) is 4.68. The highest BCUT2D eigenvalue weighted by Crippen LogP contribution is 2.41. The summed E-state index contributed by atoms with van der Waals surface area (Å²) in [6, 6.07) is 39.2. The molecule has 0 saturated heterocycles. The molecule has 3 heteroatoms. The monoisotopic (exact) mass is 560 g/mol. The van der Waals surface area contributed by atoms with Gasteiger partial charge in [0.1, 0.15) is 5.82 Å². The number of benzene rings is 6. The van der Waals surface area contributed by atoms with Gasteiger partial charge in [0.25, 0.3) is 0 Å². The Hall–Kier alpha value is -3.70. The van der Waals surface area contributed by atoms with Crippen LogP contribution in [0.1, 0.15) is 5.56 Å². The number of imidazole rings is 1. The van der Waals surface area contributed by atoms with Crippen molar-refractivity contribution in [3.05, 3.63) is 118 Å². The average molecular weight is 560 g/mol. The molecule has 7 aromatic rings. The number of para-hydroxylation sites is 1. The van der Waals surface area contributed by atoms with Gasteiger partial charge in [0.05, 0.1) is 11.0 Å². The van der Waals surface area contributed by atoms with E-state index in [0.29, 0.717) is 0 Å². The highest BCUT2D eigenvalue weighted by Gasteiger charge is 2.21. The lowest BCUT2D eigenvalue weighted by atomic mass is 9.98. The lowest BCUT2D eigenvalue weighted by Gasteiger charge is -2.14. The van der Waals surface area contributed by atoms with Gasteiger partial charge in [0.2, 0.25) is 0 Å². The molecule has 0 aliphatic heterocycles. The van der Waals surface area contributed by atoms with E-state index in [9.17, 15) is 0 Å². The third-order valence-corrected chi connectivity index (χ3v) is 7.55. The average Bonchev–Trinajstić information content (AvgIpc) is 3.30. The maximum absolute atomic E-state index is 5.42. The van der Waals surface area contributed by atoms with Crippen LogP contribution in [0.25, 0.3) is 60.4 Å². The van der Waals surface area contributed by atoms with Gasteiger partial charge in [-0.25, -0.2) is 4.98 Å². The van der Waals surface area contributed by atoms with Crippen molar-refractivity contribution in [2.45, 2.75) is 6.92 Å². The van der Waals surface area contributed by atoms with Crippen LogP contribution in [0.2, 0.25) is 0 Å². The van der Waals surface area contributed by atoms with Gasteiger partial charge in [-0.05, 0) is 81.4 Å². The summed E-state index contributed by atoms with van der Waals surface area (Å²) >= 11 is 2.42. The molecule has 0 unspecified atom stereocenters. The molecule has 0 amide bonds. The van der Waals surface area contributed by atoms with Crippen molar-refractivity contribution in [3.63, 3.8) is 0 Å². The quantitative estimate of drug-likeness (QED) is 0.152. The van der Waals surface area contributed by atoms with Crippen LogP contribution in [0.4, 0.5) is 0 Å². The van der Waals surface area contributed by atoms with Gasteiger partial charge in [-0.2, -0.15) is 0 Å². The van der Waals surface area contributed by atoms with Crippen molar-refractivity contribution in [3.8, 4) is 17.1 Å². The molecule has 0 spiro atoms. The molecule has 6 aromatic carbocycles. The number of nitrogens with zero attached hydrogens (tertiary/aromatic N) is 2. The van der Waals surface area contributed by atoms with Gasteiger partial charge < -0.3 is 0 Å². The van der Waals surface area contributed by atoms with E-state index >= 15 is 0 Å². The van der Waals surface area contributed by atoms with Crippen LogP contribution in [-0.2, 0) is 0 Å². The van der Waals surface area contributed by atoms with E-state index in [2.05, 4.69) is 143 Å². The minimum absolute atomic E-state index is 0.970. The summed E-state index contributed by atoms with van der Waals surface area (Å²) in [7, 11) is 0. The Labute approximate surface area is 217 Å². The zero-order chi connectivity index (χ0) is 23.5. The minimum Gasteiger partial charge on any atom is -0.292 e. The lowest BCUT2D eigenvalue weighted by molar-refractivity contribution is 1.11. The third kappa shape index (κ3) is 3.18. The first-order valence-electron chi connectivity index (χ1n) is 11.8. The van der Waals surface area contributed by atoms with E-state index in [1.807, 2.05) is 0 Å². The molecule has 0 aliphatic rings. The lowest BCUT2D eigenvalue weighted by Crippen LogP contribution is -1.98. The molecule has 0 atom stereocenters. The Morgan fingerprint density at radius 1 is 0.629 bits per heavy atom. The molecule has 0 radical (unpaired) electrons. The third-order valence-electron chi connectivity index (χ3n) is 6.88. The van der Waals surface area contributed by atoms with Crippen molar-refractivity contribution in [1.82, 2.24) is 9.55 Å². The molecule has 1 aromatic heterocycles.